The molecule has 0 aromatic carbocycles. The molecule has 3 aliphatic rings. The van der Waals surface area contributed by atoms with Gasteiger partial charge in [0, 0.05) is 25.8 Å². The van der Waals surface area contributed by atoms with Crippen LogP contribution in [0.15, 0.2) is 34.5 Å². The van der Waals surface area contributed by atoms with Crippen molar-refractivity contribution in [2.45, 2.75) is 49.4 Å². The zero-order valence-corrected chi connectivity index (χ0v) is 26.0. The third kappa shape index (κ3) is 6.27. The van der Waals surface area contributed by atoms with E-state index in [0.29, 0.717) is 11.2 Å². The van der Waals surface area contributed by atoms with Gasteiger partial charge in [0.1, 0.15) is 60.3 Å². The number of aromatic amines is 1. The number of rotatable bonds is 5. The number of fused-ring (bicyclic) bond motifs is 3. The molecule has 0 radical (unpaired) electrons. The number of ether oxygens (including phenoxy) is 3. The number of aromatic nitrogens is 6. The van der Waals surface area contributed by atoms with Crippen LogP contribution in [0.1, 0.15) is 18.9 Å². The molecule has 0 saturated carbocycles. The molecule has 0 aliphatic carbocycles. The predicted octanol–water partition coefficient (Wildman–Crippen LogP) is 0.660. The van der Waals surface area contributed by atoms with Crippen molar-refractivity contribution in [3.8, 4) is 0 Å². The van der Waals surface area contributed by atoms with E-state index in [2.05, 4.69) is 36.5 Å². The van der Waals surface area contributed by atoms with E-state index in [4.69, 9.17) is 43.9 Å². The lowest BCUT2D eigenvalue weighted by Crippen LogP contribution is -2.40. The topological polar surface area (TPSA) is 258 Å². The fourth-order valence-electron chi connectivity index (χ4n) is 5.09. The van der Waals surface area contributed by atoms with Gasteiger partial charge in [0.2, 0.25) is 0 Å². The molecule has 3 aromatic heterocycles. The normalized spacial score (nSPS) is 36.4. The highest BCUT2D eigenvalue weighted by molar-refractivity contribution is 8.52. The third-order valence-electron chi connectivity index (χ3n) is 7.01. The molecule has 0 amide bonds. The first-order valence-corrected chi connectivity index (χ1v) is 18.3. The Morgan fingerprint density at radius 1 is 1.09 bits per heavy atom. The van der Waals surface area contributed by atoms with Crippen molar-refractivity contribution < 1.29 is 45.7 Å². The van der Waals surface area contributed by atoms with E-state index in [9.17, 15) is 18.7 Å². The predicted molar refractivity (Wildman–Crippen MR) is 153 cm³/mol. The minimum absolute atomic E-state index is 0.0918. The molecule has 3 saturated heterocycles. The van der Waals surface area contributed by atoms with E-state index < -0.39 is 81.0 Å². The van der Waals surface area contributed by atoms with Gasteiger partial charge in [0.25, 0.3) is 5.56 Å². The van der Waals surface area contributed by atoms with Gasteiger partial charge in [-0.3, -0.25) is 37.0 Å². The Balaban J connectivity index is 1.30. The van der Waals surface area contributed by atoms with E-state index in [-0.39, 0.29) is 23.9 Å². The van der Waals surface area contributed by atoms with Crippen molar-refractivity contribution in [3.05, 3.63) is 45.8 Å². The number of methoxy groups -OCH3 is 1. The van der Waals surface area contributed by atoms with E-state index in [1.807, 2.05) is 0 Å². The standard InChI is InChI=1S/C20H26N8O12P2S2/c1-33-16-15-11(37-19(16)27-3-2-12(29)26-20(27)30)6-34-41(31,43)38-9-4-13(28-8-25-14-17(21)23-7-24-18(14)28)36-10(9)5-35-42(32,39-15)44-40-22/h2-3,7-11,13,15-16,19H,4-6,22H2,1H3,(H,31,43)(H2,21,23,24)(H,26,29,30)/t9-,10+,11+,13+,15+,16+,19+,41?,42?/m0/s1. The van der Waals surface area contributed by atoms with Crippen LogP contribution in [0.5, 0.6) is 0 Å². The summed E-state index contributed by atoms with van der Waals surface area (Å²) in [7, 11) is 1.29. The number of thiol groups is 1. The van der Waals surface area contributed by atoms with E-state index in [1.54, 1.807) is 4.57 Å². The number of anilines is 1. The van der Waals surface area contributed by atoms with Crippen molar-refractivity contribution >= 4 is 54.5 Å². The maximum atomic E-state index is 13.9. The summed E-state index contributed by atoms with van der Waals surface area (Å²) >= 11 is 4.35. The van der Waals surface area contributed by atoms with Gasteiger partial charge in [-0.25, -0.2) is 39.1 Å². The molecule has 3 fully saturated rings. The van der Waals surface area contributed by atoms with Gasteiger partial charge in [-0.1, -0.05) is 12.2 Å². The highest BCUT2D eigenvalue weighted by Crippen LogP contribution is 2.64. The fraction of sp³-hybridized carbons (Fsp3) is 0.550. The molecule has 20 nitrogen and oxygen atoms in total. The van der Waals surface area contributed by atoms with Crippen LogP contribution in [0, 0.1) is 0 Å². The highest BCUT2D eigenvalue weighted by Gasteiger charge is 2.53. The van der Waals surface area contributed by atoms with Crippen LogP contribution in [-0.4, -0.2) is 79.9 Å². The van der Waals surface area contributed by atoms with Gasteiger partial charge in [-0.15, -0.1) is 0 Å². The van der Waals surface area contributed by atoms with Crippen LogP contribution in [0.4, 0.5) is 5.82 Å². The summed E-state index contributed by atoms with van der Waals surface area (Å²) in [5.41, 5.74) is 5.17. The van der Waals surface area contributed by atoms with Crippen LogP contribution >= 0.6 is 37.5 Å². The molecule has 6 rings (SSSR count). The molecular formula is C20H26N8O12P2S2. The summed E-state index contributed by atoms with van der Waals surface area (Å²) in [5.74, 6) is 5.40. The first-order valence-electron chi connectivity index (χ1n) is 12.7. The summed E-state index contributed by atoms with van der Waals surface area (Å²) in [6, 6.07) is 1.10. The second kappa shape index (κ2) is 12.6. The molecule has 2 unspecified atom stereocenters. The zero-order valence-electron chi connectivity index (χ0n) is 22.5. The van der Waals surface area contributed by atoms with Gasteiger partial charge in [0.05, 0.1) is 19.5 Å². The minimum atomic E-state index is -4.30. The minimum Gasteiger partial charge on any atom is -0.382 e. The number of nitrogens with one attached hydrogen (secondary N) is 1. The van der Waals surface area contributed by atoms with Crippen LogP contribution < -0.4 is 22.9 Å². The number of hydrogen-bond acceptors (Lipinski definition) is 18. The number of hydrogen-bond donors (Lipinski definition) is 4. The summed E-state index contributed by atoms with van der Waals surface area (Å²) in [5, 5.41) is 0. The molecule has 0 spiro atoms. The molecule has 240 valence electrons. The number of nitrogens with zero attached hydrogens (tertiary/aromatic N) is 5. The SMILES string of the molecule is CO[C@@H]1[C@@H]2OP(=O)(SON)OC[C@H]3O[C@@H](n4cnc5c(N)ncnc54)C[C@@H]3OP(=O)(S)OC[C@H]2O[C@H]1n1ccc(=O)[nH]c1=O. The Labute approximate surface area is 256 Å². The summed E-state index contributed by atoms with van der Waals surface area (Å²) in [6.45, 7) is -9.34. The van der Waals surface area contributed by atoms with Crippen molar-refractivity contribution in [2.24, 2.45) is 5.90 Å². The Morgan fingerprint density at radius 2 is 1.89 bits per heavy atom. The molecule has 6 heterocycles. The third-order valence-corrected chi connectivity index (χ3v) is 11.3. The second-order valence-corrected chi connectivity index (χ2v) is 16.0. The lowest BCUT2D eigenvalue weighted by molar-refractivity contribution is -0.0624. The number of imidazole rings is 1. The molecule has 44 heavy (non-hydrogen) atoms. The van der Waals surface area contributed by atoms with Gasteiger partial charge >= 0.3 is 19.3 Å². The van der Waals surface area contributed by atoms with Crippen molar-refractivity contribution in [2.75, 3.05) is 26.1 Å². The van der Waals surface area contributed by atoms with Crippen molar-refractivity contribution in [3.63, 3.8) is 0 Å². The maximum Gasteiger partial charge on any atom is 0.418 e. The zero-order chi connectivity index (χ0) is 31.2. The fourth-order valence-corrected chi connectivity index (χ4v) is 8.77. The van der Waals surface area contributed by atoms with Gasteiger partial charge < -0.3 is 19.9 Å². The molecule has 5 N–H and O–H groups in total. The number of nitrogen functional groups attached to an aromatic ring is 1. The van der Waals surface area contributed by atoms with E-state index in [1.165, 1.54) is 26.0 Å². The maximum absolute atomic E-state index is 13.9. The van der Waals surface area contributed by atoms with Gasteiger partial charge in [0.15, 0.2) is 17.7 Å². The second-order valence-electron chi connectivity index (χ2n) is 9.62. The average molecular weight is 697 g/mol. The molecular weight excluding hydrogens is 670 g/mol. The number of H-pyrrole nitrogens is 1. The van der Waals surface area contributed by atoms with E-state index in [0.717, 1.165) is 10.6 Å². The summed E-state index contributed by atoms with van der Waals surface area (Å²) < 4.78 is 75.2. The van der Waals surface area contributed by atoms with Crippen LogP contribution in [0.2, 0.25) is 0 Å². The average Bonchev–Trinajstić information content (AvgIpc) is 3.66. The van der Waals surface area contributed by atoms with Crippen molar-refractivity contribution in [1.29, 1.82) is 0 Å². The smallest absolute Gasteiger partial charge is 0.382 e. The molecule has 3 aromatic rings. The largest absolute Gasteiger partial charge is 0.418 e. The molecule has 3 aliphatic heterocycles. The Hall–Kier alpha value is -2.17. The summed E-state index contributed by atoms with van der Waals surface area (Å²) in [4.78, 5) is 38.7. The Morgan fingerprint density at radius 3 is 2.64 bits per heavy atom. The molecule has 9 atom stereocenters. The first-order chi connectivity index (χ1) is 21.0. The lowest BCUT2D eigenvalue weighted by Gasteiger charge is -2.29. The van der Waals surface area contributed by atoms with Crippen LogP contribution in [-0.2, 0) is 45.7 Å². The number of nitrogens with two attached hydrogens (primary N) is 2. The van der Waals surface area contributed by atoms with Gasteiger partial charge in [-0.2, -0.15) is 0 Å². The lowest BCUT2D eigenvalue weighted by atomic mass is 10.1. The Bertz CT molecular complexity index is 1740. The van der Waals surface area contributed by atoms with Gasteiger partial charge in [-0.05, 0) is 0 Å². The quantitative estimate of drug-likeness (QED) is 0.124. The monoisotopic (exact) mass is 696 g/mol. The van der Waals surface area contributed by atoms with Crippen LogP contribution in [0.25, 0.3) is 11.2 Å². The highest BCUT2D eigenvalue weighted by atomic mass is 32.7. The molecule has 24 heteroatoms. The van der Waals surface area contributed by atoms with E-state index >= 15 is 0 Å². The first kappa shape index (κ1) is 31.8. The van der Waals surface area contributed by atoms with Crippen molar-refractivity contribution in [1.82, 2.24) is 29.1 Å². The summed E-state index contributed by atoms with van der Waals surface area (Å²) in [6.07, 6.45) is -3.51. The molecule has 0 bridgehead atoms. The Kier molecular flexibility index (Phi) is 9.07. The van der Waals surface area contributed by atoms with Crippen LogP contribution in [0.3, 0.4) is 0 Å².